The van der Waals surface area contributed by atoms with Gasteiger partial charge >= 0.3 is 0 Å². The van der Waals surface area contributed by atoms with Crippen LogP contribution in [0.3, 0.4) is 0 Å². The smallest absolute Gasteiger partial charge is 0.225 e. The summed E-state index contributed by atoms with van der Waals surface area (Å²) in [6, 6.07) is 0.575. The van der Waals surface area contributed by atoms with Crippen LogP contribution in [0.5, 0.6) is 0 Å². The first-order valence-corrected chi connectivity index (χ1v) is 5.70. The number of nitrogens with zero attached hydrogens (tertiary/aromatic N) is 1. The second-order valence-electron chi connectivity index (χ2n) is 4.84. The zero-order chi connectivity index (χ0) is 10.1. The predicted octanol–water partition coefficient (Wildman–Crippen LogP) is 0.853. The normalized spacial score (nSPS) is 32.1. The molecule has 0 saturated carbocycles. The number of fused-ring (bicyclic) bond motifs is 1. The van der Waals surface area contributed by atoms with Gasteiger partial charge in [0.15, 0.2) is 0 Å². The largest absolute Gasteiger partial charge is 0.341 e. The van der Waals surface area contributed by atoms with Crippen LogP contribution >= 0.6 is 0 Å². The highest BCUT2D eigenvalue weighted by Crippen LogP contribution is 2.25. The van der Waals surface area contributed by atoms with Crippen LogP contribution in [0.15, 0.2) is 0 Å². The van der Waals surface area contributed by atoms with E-state index in [2.05, 4.69) is 5.32 Å². The molecule has 0 bridgehead atoms. The fourth-order valence-corrected chi connectivity index (χ4v) is 2.60. The van der Waals surface area contributed by atoms with Gasteiger partial charge in [-0.3, -0.25) is 4.79 Å². The van der Waals surface area contributed by atoms with E-state index in [1.54, 1.807) is 0 Å². The third kappa shape index (κ3) is 1.78. The molecule has 0 aromatic carbocycles. The van der Waals surface area contributed by atoms with E-state index in [9.17, 15) is 4.79 Å². The van der Waals surface area contributed by atoms with Crippen LogP contribution in [0.1, 0.15) is 26.7 Å². The van der Waals surface area contributed by atoms with E-state index in [4.69, 9.17) is 0 Å². The molecule has 14 heavy (non-hydrogen) atoms. The average molecular weight is 196 g/mol. The van der Waals surface area contributed by atoms with Crippen LogP contribution in [0.2, 0.25) is 0 Å². The summed E-state index contributed by atoms with van der Waals surface area (Å²) in [5, 5.41) is 3.49. The maximum Gasteiger partial charge on any atom is 0.225 e. The lowest BCUT2D eigenvalue weighted by atomic mass is 9.92. The van der Waals surface area contributed by atoms with Gasteiger partial charge in [-0.1, -0.05) is 13.8 Å². The molecular formula is C11H20N2O. The summed E-state index contributed by atoms with van der Waals surface area (Å²) in [6.07, 6.45) is 2.49. The highest BCUT2D eigenvalue weighted by molar-refractivity contribution is 5.78. The van der Waals surface area contributed by atoms with Crippen LogP contribution in [0, 0.1) is 11.8 Å². The number of nitrogens with one attached hydrogen (secondary N) is 1. The second-order valence-corrected chi connectivity index (χ2v) is 4.84. The number of rotatable bonds is 1. The van der Waals surface area contributed by atoms with E-state index in [1.165, 1.54) is 12.8 Å². The second kappa shape index (κ2) is 3.89. The van der Waals surface area contributed by atoms with Crippen LogP contribution in [0.25, 0.3) is 0 Å². The fraction of sp³-hybridized carbons (Fsp3) is 0.909. The van der Waals surface area contributed by atoms with Gasteiger partial charge in [0.2, 0.25) is 5.91 Å². The monoisotopic (exact) mass is 196 g/mol. The molecule has 2 rings (SSSR count). The van der Waals surface area contributed by atoms with Gasteiger partial charge in [-0.15, -0.1) is 0 Å². The van der Waals surface area contributed by atoms with Gasteiger partial charge in [-0.2, -0.15) is 0 Å². The van der Waals surface area contributed by atoms with E-state index in [0.29, 0.717) is 11.9 Å². The SMILES string of the molecule is CC(C)C(=O)N1CCC2CCNC2C1. The molecule has 2 atom stereocenters. The minimum atomic E-state index is 0.146. The lowest BCUT2D eigenvalue weighted by Gasteiger charge is -2.35. The van der Waals surface area contributed by atoms with Gasteiger partial charge in [0.25, 0.3) is 0 Å². The van der Waals surface area contributed by atoms with E-state index in [-0.39, 0.29) is 5.92 Å². The number of hydrogen-bond acceptors (Lipinski definition) is 2. The van der Waals surface area contributed by atoms with Crippen molar-refractivity contribution in [2.24, 2.45) is 11.8 Å². The summed E-state index contributed by atoms with van der Waals surface area (Å²) in [7, 11) is 0. The van der Waals surface area contributed by atoms with Gasteiger partial charge in [0.05, 0.1) is 0 Å². The van der Waals surface area contributed by atoms with E-state index in [0.717, 1.165) is 25.6 Å². The molecule has 2 aliphatic heterocycles. The summed E-state index contributed by atoms with van der Waals surface area (Å²) < 4.78 is 0. The number of piperidine rings is 1. The highest BCUT2D eigenvalue weighted by atomic mass is 16.2. The van der Waals surface area contributed by atoms with Crippen molar-refractivity contribution in [3.8, 4) is 0 Å². The van der Waals surface area contributed by atoms with Crippen LogP contribution in [-0.2, 0) is 4.79 Å². The first-order valence-electron chi connectivity index (χ1n) is 5.70. The average Bonchev–Trinajstić information content (AvgIpc) is 2.62. The van der Waals surface area contributed by atoms with Crippen LogP contribution in [0.4, 0.5) is 0 Å². The molecule has 3 nitrogen and oxygen atoms in total. The molecule has 3 heteroatoms. The molecular weight excluding hydrogens is 176 g/mol. The lowest BCUT2D eigenvalue weighted by Crippen LogP contribution is -2.49. The number of hydrogen-bond donors (Lipinski definition) is 1. The van der Waals surface area contributed by atoms with Crippen molar-refractivity contribution in [1.29, 1.82) is 0 Å². The highest BCUT2D eigenvalue weighted by Gasteiger charge is 2.34. The molecule has 80 valence electrons. The van der Waals surface area contributed by atoms with Crippen molar-refractivity contribution in [2.75, 3.05) is 19.6 Å². The Balaban J connectivity index is 1.94. The number of carbonyl (C=O) groups is 1. The van der Waals surface area contributed by atoms with Crippen molar-refractivity contribution < 1.29 is 4.79 Å². The maximum absolute atomic E-state index is 11.8. The summed E-state index contributed by atoms with van der Waals surface area (Å²) in [5.41, 5.74) is 0. The quantitative estimate of drug-likeness (QED) is 0.674. The van der Waals surface area contributed by atoms with Gasteiger partial charge < -0.3 is 10.2 Å². The molecule has 2 unspecified atom stereocenters. The van der Waals surface area contributed by atoms with E-state index in [1.807, 2.05) is 18.7 Å². The van der Waals surface area contributed by atoms with E-state index >= 15 is 0 Å². The number of amides is 1. The summed E-state index contributed by atoms with van der Waals surface area (Å²) in [5.74, 6) is 1.29. The van der Waals surface area contributed by atoms with Crippen molar-refractivity contribution in [3.05, 3.63) is 0 Å². The molecule has 0 aromatic rings. The molecule has 0 spiro atoms. The lowest BCUT2D eigenvalue weighted by molar-refractivity contribution is -0.136. The standard InChI is InChI=1S/C11H20N2O/c1-8(2)11(14)13-6-4-9-3-5-12-10(9)7-13/h8-10,12H,3-7H2,1-2H3. The number of carbonyl (C=O) groups excluding carboxylic acids is 1. The summed E-state index contributed by atoms with van der Waals surface area (Å²) in [4.78, 5) is 13.8. The third-order valence-corrected chi connectivity index (χ3v) is 3.48. The predicted molar refractivity (Wildman–Crippen MR) is 55.9 cm³/mol. The topological polar surface area (TPSA) is 32.3 Å². The van der Waals surface area contributed by atoms with Crippen molar-refractivity contribution in [2.45, 2.75) is 32.7 Å². The first kappa shape index (κ1) is 9.97. The minimum absolute atomic E-state index is 0.146. The Kier molecular flexibility index (Phi) is 2.77. The van der Waals surface area contributed by atoms with Gasteiger partial charge in [-0.25, -0.2) is 0 Å². The first-order chi connectivity index (χ1) is 6.68. The fourth-order valence-electron chi connectivity index (χ4n) is 2.60. The van der Waals surface area contributed by atoms with Crippen molar-refractivity contribution in [3.63, 3.8) is 0 Å². The van der Waals surface area contributed by atoms with Crippen LogP contribution < -0.4 is 5.32 Å². The van der Waals surface area contributed by atoms with Gasteiger partial charge in [0, 0.05) is 25.0 Å². The molecule has 0 aliphatic carbocycles. The zero-order valence-corrected chi connectivity index (χ0v) is 9.12. The Bertz CT molecular complexity index is 227. The Morgan fingerprint density at radius 3 is 2.93 bits per heavy atom. The molecule has 2 aliphatic rings. The van der Waals surface area contributed by atoms with Crippen LogP contribution in [-0.4, -0.2) is 36.5 Å². The molecule has 0 radical (unpaired) electrons. The summed E-state index contributed by atoms with van der Waals surface area (Å²) >= 11 is 0. The van der Waals surface area contributed by atoms with Crippen molar-refractivity contribution >= 4 is 5.91 Å². The Morgan fingerprint density at radius 2 is 2.21 bits per heavy atom. The van der Waals surface area contributed by atoms with Gasteiger partial charge in [0.1, 0.15) is 0 Å². The molecule has 0 aromatic heterocycles. The van der Waals surface area contributed by atoms with Gasteiger partial charge in [-0.05, 0) is 25.3 Å². The minimum Gasteiger partial charge on any atom is -0.341 e. The molecule has 1 N–H and O–H groups in total. The van der Waals surface area contributed by atoms with Crippen molar-refractivity contribution in [1.82, 2.24) is 10.2 Å². The Morgan fingerprint density at radius 1 is 1.43 bits per heavy atom. The molecule has 1 amide bonds. The summed E-state index contributed by atoms with van der Waals surface area (Å²) in [6.45, 7) is 7.01. The third-order valence-electron chi connectivity index (χ3n) is 3.48. The Hall–Kier alpha value is -0.570. The molecule has 2 heterocycles. The maximum atomic E-state index is 11.8. The Labute approximate surface area is 85.8 Å². The zero-order valence-electron chi connectivity index (χ0n) is 9.12. The van der Waals surface area contributed by atoms with E-state index < -0.39 is 0 Å². The number of likely N-dealkylation sites (tertiary alicyclic amines) is 1. The molecule has 2 saturated heterocycles. The molecule has 2 fully saturated rings.